The summed E-state index contributed by atoms with van der Waals surface area (Å²) in [5.41, 5.74) is 1.37. The molecule has 0 spiro atoms. The van der Waals surface area contributed by atoms with Crippen molar-refractivity contribution in [3.63, 3.8) is 0 Å². The van der Waals surface area contributed by atoms with Crippen molar-refractivity contribution in [3.05, 3.63) is 76.8 Å². The van der Waals surface area contributed by atoms with E-state index < -0.39 is 0 Å². The molecule has 6 nitrogen and oxygen atoms in total. The largest absolute Gasteiger partial charge is 0.439 e. The first-order valence-corrected chi connectivity index (χ1v) is 9.63. The van der Waals surface area contributed by atoms with Crippen molar-refractivity contribution in [2.24, 2.45) is 0 Å². The van der Waals surface area contributed by atoms with Gasteiger partial charge in [0.1, 0.15) is 11.6 Å². The van der Waals surface area contributed by atoms with Crippen LogP contribution in [0.15, 0.2) is 71.2 Å². The first kappa shape index (κ1) is 18.7. The predicted octanol–water partition coefficient (Wildman–Crippen LogP) is 5.84. The molecule has 0 bridgehead atoms. The standard InChI is InChI=1S/C22H16BrN5O/c1-25-20-12-21(28-22(27-20)26-18-7-2-14(13-24)3-8-18)29-19-9-5-15-10-17(23)6-4-16(15)11-19/h2-12H,1H3,(H2,25,26,27,28). The van der Waals surface area contributed by atoms with Gasteiger partial charge in [0.15, 0.2) is 0 Å². The van der Waals surface area contributed by atoms with Crippen LogP contribution in [0.3, 0.4) is 0 Å². The molecule has 29 heavy (non-hydrogen) atoms. The van der Waals surface area contributed by atoms with Crippen molar-refractivity contribution in [3.8, 4) is 17.7 Å². The van der Waals surface area contributed by atoms with Crippen molar-refractivity contribution in [1.82, 2.24) is 9.97 Å². The minimum atomic E-state index is 0.390. The quantitative estimate of drug-likeness (QED) is 0.401. The molecule has 0 aliphatic rings. The molecule has 4 rings (SSSR count). The van der Waals surface area contributed by atoms with Crippen LogP contribution >= 0.6 is 15.9 Å². The highest BCUT2D eigenvalue weighted by molar-refractivity contribution is 9.10. The summed E-state index contributed by atoms with van der Waals surface area (Å²) in [4.78, 5) is 8.86. The normalized spacial score (nSPS) is 10.4. The Balaban J connectivity index is 1.60. The lowest BCUT2D eigenvalue weighted by Gasteiger charge is -2.11. The van der Waals surface area contributed by atoms with Crippen LogP contribution in [0.25, 0.3) is 10.8 Å². The molecule has 0 amide bonds. The molecular formula is C22H16BrN5O. The summed E-state index contributed by atoms with van der Waals surface area (Å²) in [7, 11) is 1.78. The molecule has 4 aromatic rings. The molecule has 0 fully saturated rings. The SMILES string of the molecule is CNc1cc(Oc2ccc3cc(Br)ccc3c2)nc(Nc2ccc(C#N)cc2)n1. The predicted molar refractivity (Wildman–Crippen MR) is 118 cm³/mol. The molecule has 0 saturated carbocycles. The van der Waals surface area contributed by atoms with Gasteiger partial charge in [-0.15, -0.1) is 0 Å². The smallest absolute Gasteiger partial charge is 0.232 e. The van der Waals surface area contributed by atoms with E-state index >= 15 is 0 Å². The van der Waals surface area contributed by atoms with Crippen LogP contribution in [-0.4, -0.2) is 17.0 Å². The molecule has 142 valence electrons. The lowest BCUT2D eigenvalue weighted by molar-refractivity contribution is 0.463. The fourth-order valence-corrected chi connectivity index (χ4v) is 3.18. The maximum absolute atomic E-state index is 8.92. The lowest BCUT2D eigenvalue weighted by Crippen LogP contribution is -2.02. The highest BCUT2D eigenvalue weighted by atomic mass is 79.9. The third-order valence-electron chi connectivity index (χ3n) is 4.23. The molecule has 0 radical (unpaired) electrons. The van der Waals surface area contributed by atoms with Gasteiger partial charge in [-0.2, -0.15) is 15.2 Å². The minimum absolute atomic E-state index is 0.390. The summed E-state index contributed by atoms with van der Waals surface area (Å²) in [5.74, 6) is 2.11. The Labute approximate surface area is 176 Å². The zero-order valence-electron chi connectivity index (χ0n) is 15.5. The number of nitriles is 1. The van der Waals surface area contributed by atoms with E-state index in [-0.39, 0.29) is 0 Å². The van der Waals surface area contributed by atoms with Crippen molar-refractivity contribution >= 4 is 44.2 Å². The third kappa shape index (κ3) is 4.45. The molecule has 7 heteroatoms. The third-order valence-corrected chi connectivity index (χ3v) is 4.72. The van der Waals surface area contributed by atoms with Crippen molar-refractivity contribution in [1.29, 1.82) is 5.26 Å². The first-order valence-electron chi connectivity index (χ1n) is 8.84. The summed E-state index contributed by atoms with van der Waals surface area (Å²) in [5, 5.41) is 17.3. The molecule has 1 aromatic heterocycles. The van der Waals surface area contributed by atoms with E-state index in [0.717, 1.165) is 20.9 Å². The molecule has 0 atom stereocenters. The van der Waals surface area contributed by atoms with Crippen LogP contribution in [0.4, 0.5) is 17.5 Å². The average molecular weight is 446 g/mol. The van der Waals surface area contributed by atoms with Gasteiger partial charge in [0.2, 0.25) is 11.8 Å². The molecular weight excluding hydrogens is 430 g/mol. The van der Waals surface area contributed by atoms with Crippen molar-refractivity contribution in [2.45, 2.75) is 0 Å². The van der Waals surface area contributed by atoms with E-state index in [1.165, 1.54) is 0 Å². The van der Waals surface area contributed by atoms with E-state index in [2.05, 4.69) is 48.7 Å². The molecule has 0 aliphatic heterocycles. The van der Waals surface area contributed by atoms with Gasteiger partial charge >= 0.3 is 0 Å². The summed E-state index contributed by atoms with van der Waals surface area (Å²) >= 11 is 3.49. The number of halogens is 1. The number of nitrogens with one attached hydrogen (secondary N) is 2. The lowest BCUT2D eigenvalue weighted by atomic mass is 10.1. The van der Waals surface area contributed by atoms with Crippen LogP contribution in [0.2, 0.25) is 0 Å². The molecule has 3 aromatic carbocycles. The van der Waals surface area contributed by atoms with Gasteiger partial charge in [0.05, 0.1) is 11.6 Å². The summed E-state index contributed by atoms with van der Waals surface area (Å²) in [6.45, 7) is 0. The van der Waals surface area contributed by atoms with Gasteiger partial charge in [-0.05, 0) is 59.3 Å². The summed E-state index contributed by atoms with van der Waals surface area (Å²) in [6, 6.07) is 22.9. The molecule has 1 heterocycles. The van der Waals surface area contributed by atoms with E-state index in [4.69, 9.17) is 10.00 Å². The van der Waals surface area contributed by atoms with Crippen molar-refractivity contribution < 1.29 is 4.74 Å². The number of hydrogen-bond donors (Lipinski definition) is 2. The number of fused-ring (bicyclic) bond motifs is 1. The molecule has 2 N–H and O–H groups in total. The number of hydrogen-bond acceptors (Lipinski definition) is 6. The fourth-order valence-electron chi connectivity index (χ4n) is 2.80. The fraction of sp³-hybridized carbons (Fsp3) is 0.0455. The highest BCUT2D eigenvalue weighted by Gasteiger charge is 2.08. The summed E-state index contributed by atoms with van der Waals surface area (Å²) in [6.07, 6.45) is 0. The van der Waals surface area contributed by atoms with Gasteiger partial charge in [-0.3, -0.25) is 0 Å². The average Bonchev–Trinajstić information content (AvgIpc) is 2.74. The minimum Gasteiger partial charge on any atom is -0.439 e. The zero-order chi connectivity index (χ0) is 20.2. The van der Waals surface area contributed by atoms with Gasteiger partial charge < -0.3 is 15.4 Å². The van der Waals surface area contributed by atoms with E-state index in [9.17, 15) is 0 Å². The Bertz CT molecular complexity index is 1220. The van der Waals surface area contributed by atoms with Gasteiger partial charge in [-0.25, -0.2) is 0 Å². The van der Waals surface area contributed by atoms with Gasteiger partial charge in [-0.1, -0.05) is 28.1 Å². The Morgan fingerprint density at radius 3 is 2.45 bits per heavy atom. The van der Waals surface area contributed by atoms with E-state index in [0.29, 0.717) is 29.0 Å². The number of ether oxygens (including phenoxy) is 1. The Morgan fingerprint density at radius 2 is 1.69 bits per heavy atom. The summed E-state index contributed by atoms with van der Waals surface area (Å²) < 4.78 is 7.02. The van der Waals surface area contributed by atoms with Crippen LogP contribution in [0.5, 0.6) is 11.6 Å². The number of benzene rings is 3. The first-order chi connectivity index (χ1) is 14.1. The van der Waals surface area contributed by atoms with E-state index in [1.807, 2.05) is 30.3 Å². The molecule has 0 unspecified atom stereocenters. The number of rotatable bonds is 5. The van der Waals surface area contributed by atoms with Gasteiger partial charge in [0.25, 0.3) is 0 Å². The van der Waals surface area contributed by atoms with Crippen molar-refractivity contribution in [2.75, 3.05) is 17.7 Å². The maximum Gasteiger partial charge on any atom is 0.232 e. The maximum atomic E-state index is 8.92. The molecule has 0 aliphatic carbocycles. The highest BCUT2D eigenvalue weighted by Crippen LogP contribution is 2.28. The number of anilines is 3. The second-order valence-corrected chi connectivity index (χ2v) is 7.15. The second-order valence-electron chi connectivity index (χ2n) is 6.23. The van der Waals surface area contributed by atoms with Crippen LogP contribution in [-0.2, 0) is 0 Å². The second kappa shape index (κ2) is 8.17. The zero-order valence-corrected chi connectivity index (χ0v) is 17.1. The molecule has 0 saturated heterocycles. The Hall–Kier alpha value is -3.63. The topological polar surface area (TPSA) is 82.9 Å². The van der Waals surface area contributed by atoms with Crippen LogP contribution in [0, 0.1) is 11.3 Å². The Kier molecular flexibility index (Phi) is 5.27. The van der Waals surface area contributed by atoms with Crippen LogP contribution in [0.1, 0.15) is 5.56 Å². The van der Waals surface area contributed by atoms with Crippen LogP contribution < -0.4 is 15.4 Å². The number of aromatic nitrogens is 2. The van der Waals surface area contributed by atoms with E-state index in [1.54, 1.807) is 37.4 Å². The number of nitrogens with zero attached hydrogens (tertiary/aromatic N) is 3. The van der Waals surface area contributed by atoms with Gasteiger partial charge in [0, 0.05) is 23.3 Å². The monoisotopic (exact) mass is 445 g/mol. The Morgan fingerprint density at radius 1 is 0.931 bits per heavy atom.